The van der Waals surface area contributed by atoms with Gasteiger partial charge in [-0.05, 0) is 36.4 Å². The lowest BCUT2D eigenvalue weighted by Gasteiger charge is -2.10. The van der Waals surface area contributed by atoms with E-state index in [0.717, 1.165) is 6.26 Å². The summed E-state index contributed by atoms with van der Waals surface area (Å²) in [7, 11) is -3.42. The number of nitrogens with one attached hydrogen (secondary N) is 1. The molecular weight excluding hydrogens is 419 g/mol. The molecule has 0 fully saturated rings. The van der Waals surface area contributed by atoms with Crippen LogP contribution in [-0.4, -0.2) is 24.5 Å². The van der Waals surface area contributed by atoms with Crippen LogP contribution in [0.4, 0.5) is 14.5 Å². The topological polar surface area (TPSA) is 64.0 Å². The Labute approximate surface area is 164 Å². The molecule has 0 aliphatic heterocycles. The van der Waals surface area contributed by atoms with E-state index in [4.69, 9.17) is 23.2 Å². The third-order valence-electron chi connectivity index (χ3n) is 3.58. The first-order valence-corrected chi connectivity index (χ1v) is 10.2. The number of benzene rings is 2. The number of nitrogens with zero attached hydrogens (tertiary/aromatic N) is 2. The predicted octanol–water partition coefficient (Wildman–Crippen LogP) is 5.16. The smallest absolute Gasteiger partial charge is 0.282 e. The van der Waals surface area contributed by atoms with Crippen molar-refractivity contribution in [3.8, 4) is 16.9 Å². The predicted molar refractivity (Wildman–Crippen MR) is 102 cm³/mol. The van der Waals surface area contributed by atoms with Gasteiger partial charge >= 0.3 is 0 Å². The molecular formula is C17H13Cl2F2N3O2S. The van der Waals surface area contributed by atoms with Crippen LogP contribution in [0.15, 0.2) is 48.5 Å². The molecule has 3 aromatic rings. The number of aromatic nitrogens is 2. The Balaban J connectivity index is 2.07. The molecule has 0 aliphatic carbocycles. The van der Waals surface area contributed by atoms with Crippen molar-refractivity contribution >= 4 is 38.9 Å². The maximum absolute atomic E-state index is 13.2. The maximum atomic E-state index is 13.2. The molecule has 2 aromatic carbocycles. The lowest BCUT2D eigenvalue weighted by molar-refractivity contribution is 0.145. The Morgan fingerprint density at radius 2 is 1.70 bits per heavy atom. The lowest BCUT2D eigenvalue weighted by Crippen LogP contribution is -2.09. The molecule has 27 heavy (non-hydrogen) atoms. The van der Waals surface area contributed by atoms with Crippen LogP contribution < -0.4 is 4.72 Å². The van der Waals surface area contributed by atoms with E-state index in [1.807, 2.05) is 0 Å². The molecule has 0 bridgehead atoms. The molecule has 0 saturated carbocycles. The molecule has 10 heteroatoms. The third kappa shape index (κ3) is 4.58. The molecule has 0 saturated heterocycles. The van der Waals surface area contributed by atoms with Crippen LogP contribution in [-0.2, 0) is 10.0 Å². The van der Waals surface area contributed by atoms with Crippen LogP contribution in [0, 0.1) is 0 Å². The highest BCUT2D eigenvalue weighted by Crippen LogP contribution is 2.31. The number of halogens is 4. The van der Waals surface area contributed by atoms with Crippen molar-refractivity contribution in [2.24, 2.45) is 0 Å². The summed E-state index contributed by atoms with van der Waals surface area (Å²) in [6.45, 7) is 0. The minimum atomic E-state index is -3.42. The molecule has 0 atom stereocenters. The Morgan fingerprint density at radius 3 is 2.26 bits per heavy atom. The molecule has 0 unspecified atom stereocenters. The molecule has 1 aromatic heterocycles. The Hall–Kier alpha value is -2.16. The van der Waals surface area contributed by atoms with Gasteiger partial charge in [-0.1, -0.05) is 35.3 Å². The second-order valence-corrected chi connectivity index (χ2v) is 8.28. The summed E-state index contributed by atoms with van der Waals surface area (Å²) < 4.78 is 52.6. The van der Waals surface area contributed by atoms with Crippen molar-refractivity contribution in [3.63, 3.8) is 0 Å². The summed E-state index contributed by atoms with van der Waals surface area (Å²) in [6, 6.07) is 12.2. The van der Waals surface area contributed by atoms with E-state index in [-0.39, 0.29) is 5.02 Å². The van der Waals surface area contributed by atoms with E-state index in [9.17, 15) is 17.2 Å². The quantitative estimate of drug-likeness (QED) is 0.606. The summed E-state index contributed by atoms with van der Waals surface area (Å²) in [6.07, 6.45) is -1.71. The van der Waals surface area contributed by atoms with Crippen molar-refractivity contribution in [1.29, 1.82) is 0 Å². The van der Waals surface area contributed by atoms with Crippen LogP contribution in [0.1, 0.15) is 12.1 Å². The van der Waals surface area contributed by atoms with E-state index in [1.165, 1.54) is 28.9 Å². The van der Waals surface area contributed by atoms with Gasteiger partial charge in [0.05, 0.1) is 27.7 Å². The highest BCUT2D eigenvalue weighted by Gasteiger charge is 2.18. The van der Waals surface area contributed by atoms with Crippen molar-refractivity contribution in [2.45, 2.75) is 6.43 Å². The Kier molecular flexibility index (Phi) is 5.41. The standard InChI is InChI=1S/C17H13Cl2F2N3O2S/c1-27(25,26)23-11-4-2-10(3-5-11)16-9-15(17(20)21)22-24(16)12-6-7-13(18)14(19)8-12/h2-9,17,23H,1H3. The van der Waals surface area contributed by atoms with E-state index in [0.29, 0.717) is 27.7 Å². The Bertz CT molecular complexity index is 1080. The zero-order valence-corrected chi connectivity index (χ0v) is 16.2. The van der Waals surface area contributed by atoms with Crippen LogP contribution in [0.25, 0.3) is 16.9 Å². The molecule has 1 heterocycles. The van der Waals surface area contributed by atoms with Crippen LogP contribution >= 0.6 is 23.2 Å². The summed E-state index contributed by atoms with van der Waals surface area (Å²) >= 11 is 11.9. The van der Waals surface area contributed by atoms with Gasteiger partial charge in [-0.15, -0.1) is 0 Å². The maximum Gasteiger partial charge on any atom is 0.282 e. The average Bonchev–Trinajstić information content (AvgIpc) is 3.02. The third-order valence-corrected chi connectivity index (χ3v) is 4.93. The average molecular weight is 432 g/mol. The largest absolute Gasteiger partial charge is 0.284 e. The first-order chi connectivity index (χ1) is 12.6. The monoisotopic (exact) mass is 431 g/mol. The number of sulfonamides is 1. The van der Waals surface area contributed by atoms with Crippen molar-refractivity contribution < 1.29 is 17.2 Å². The van der Waals surface area contributed by atoms with Gasteiger partial charge < -0.3 is 0 Å². The van der Waals surface area contributed by atoms with Gasteiger partial charge in [0.25, 0.3) is 6.43 Å². The van der Waals surface area contributed by atoms with Gasteiger partial charge in [0.2, 0.25) is 10.0 Å². The van der Waals surface area contributed by atoms with Gasteiger partial charge in [-0.2, -0.15) is 5.10 Å². The number of hydrogen-bond acceptors (Lipinski definition) is 3. The summed E-state index contributed by atoms with van der Waals surface area (Å²) in [5, 5.41) is 4.56. The normalized spacial score (nSPS) is 11.8. The highest BCUT2D eigenvalue weighted by atomic mass is 35.5. The first-order valence-electron chi connectivity index (χ1n) is 7.56. The SMILES string of the molecule is CS(=O)(=O)Nc1ccc(-c2cc(C(F)F)nn2-c2ccc(Cl)c(Cl)c2)cc1. The molecule has 1 N–H and O–H groups in total. The lowest BCUT2D eigenvalue weighted by atomic mass is 10.1. The van der Waals surface area contributed by atoms with Gasteiger partial charge in [-0.3, -0.25) is 4.72 Å². The van der Waals surface area contributed by atoms with Gasteiger partial charge in [0.1, 0.15) is 5.69 Å². The minimum Gasteiger partial charge on any atom is -0.284 e. The highest BCUT2D eigenvalue weighted by molar-refractivity contribution is 7.92. The second kappa shape index (κ2) is 7.46. The molecule has 3 rings (SSSR count). The van der Waals surface area contributed by atoms with Crippen LogP contribution in [0.5, 0.6) is 0 Å². The van der Waals surface area contributed by atoms with E-state index < -0.39 is 22.1 Å². The van der Waals surface area contributed by atoms with Crippen molar-refractivity contribution in [2.75, 3.05) is 11.0 Å². The van der Waals surface area contributed by atoms with Crippen molar-refractivity contribution in [3.05, 3.63) is 64.3 Å². The number of anilines is 1. The zero-order valence-electron chi connectivity index (χ0n) is 13.8. The Morgan fingerprint density at radius 1 is 1.04 bits per heavy atom. The van der Waals surface area contributed by atoms with Crippen LogP contribution in [0.2, 0.25) is 10.0 Å². The molecule has 142 valence electrons. The van der Waals surface area contributed by atoms with E-state index in [2.05, 4.69) is 9.82 Å². The first kappa shape index (κ1) is 19.6. The van der Waals surface area contributed by atoms with Crippen molar-refractivity contribution in [1.82, 2.24) is 9.78 Å². The summed E-state index contributed by atoms with van der Waals surface area (Å²) in [5.41, 5.74) is 1.39. The van der Waals surface area contributed by atoms with E-state index >= 15 is 0 Å². The van der Waals surface area contributed by atoms with Gasteiger partial charge in [-0.25, -0.2) is 21.9 Å². The second-order valence-electron chi connectivity index (χ2n) is 5.72. The molecule has 0 aliphatic rings. The van der Waals surface area contributed by atoms with E-state index in [1.54, 1.807) is 24.3 Å². The summed E-state index contributed by atoms with van der Waals surface area (Å²) in [5.74, 6) is 0. The number of rotatable bonds is 5. The fourth-order valence-electron chi connectivity index (χ4n) is 2.45. The van der Waals surface area contributed by atoms with Gasteiger partial charge in [0.15, 0.2) is 0 Å². The van der Waals surface area contributed by atoms with Crippen LogP contribution in [0.3, 0.4) is 0 Å². The summed E-state index contributed by atoms with van der Waals surface area (Å²) in [4.78, 5) is 0. The number of hydrogen-bond donors (Lipinski definition) is 1. The fraction of sp³-hybridized carbons (Fsp3) is 0.118. The molecule has 0 radical (unpaired) electrons. The van der Waals surface area contributed by atoms with Gasteiger partial charge in [0, 0.05) is 11.3 Å². The molecule has 0 amide bonds. The number of alkyl halides is 2. The molecule has 5 nitrogen and oxygen atoms in total. The fourth-order valence-corrected chi connectivity index (χ4v) is 3.30. The minimum absolute atomic E-state index is 0.266. The zero-order chi connectivity index (χ0) is 19.8. The molecule has 0 spiro atoms.